The van der Waals surface area contributed by atoms with E-state index in [9.17, 15) is 9.59 Å². The molecule has 1 aromatic heterocycles. The van der Waals surface area contributed by atoms with Crippen molar-refractivity contribution >= 4 is 17.6 Å². The molecule has 0 aliphatic carbocycles. The van der Waals surface area contributed by atoms with Crippen molar-refractivity contribution in [3.8, 4) is 11.4 Å². The topological polar surface area (TPSA) is 121 Å². The van der Waals surface area contributed by atoms with E-state index in [4.69, 9.17) is 5.11 Å². The van der Waals surface area contributed by atoms with Gasteiger partial charge in [-0.1, -0.05) is 12.1 Å². The lowest BCUT2D eigenvalue weighted by atomic mass is 9.89. The van der Waals surface area contributed by atoms with Crippen LogP contribution in [0.2, 0.25) is 0 Å². The molecular weight excluding hydrogens is 274 g/mol. The Kier molecular flexibility index (Phi) is 3.97. The predicted molar refractivity (Wildman–Crippen MR) is 74.3 cm³/mol. The van der Waals surface area contributed by atoms with Crippen LogP contribution in [-0.4, -0.2) is 37.6 Å². The molecule has 0 aliphatic rings. The lowest BCUT2D eigenvalue weighted by Gasteiger charge is -2.18. The van der Waals surface area contributed by atoms with E-state index >= 15 is 0 Å². The second-order valence-electron chi connectivity index (χ2n) is 5.23. The third kappa shape index (κ3) is 3.62. The van der Waals surface area contributed by atoms with Gasteiger partial charge >= 0.3 is 5.97 Å². The van der Waals surface area contributed by atoms with Crippen molar-refractivity contribution in [3.05, 3.63) is 24.3 Å². The molecule has 8 nitrogen and oxygen atoms in total. The monoisotopic (exact) mass is 289 g/mol. The van der Waals surface area contributed by atoms with Crippen molar-refractivity contribution in [2.75, 3.05) is 5.32 Å². The zero-order valence-corrected chi connectivity index (χ0v) is 11.6. The van der Waals surface area contributed by atoms with Crippen LogP contribution in [0.15, 0.2) is 24.3 Å². The van der Waals surface area contributed by atoms with Crippen LogP contribution >= 0.6 is 0 Å². The number of hydrogen-bond donors (Lipinski definition) is 3. The van der Waals surface area contributed by atoms with Crippen molar-refractivity contribution in [2.45, 2.75) is 20.3 Å². The van der Waals surface area contributed by atoms with Gasteiger partial charge in [-0.3, -0.25) is 9.59 Å². The Labute approximate surface area is 120 Å². The number of aromatic amines is 1. The highest BCUT2D eigenvalue weighted by atomic mass is 16.4. The highest BCUT2D eigenvalue weighted by molar-refractivity contribution is 5.94. The minimum absolute atomic E-state index is 0.116. The molecule has 110 valence electrons. The van der Waals surface area contributed by atoms with Gasteiger partial charge in [-0.25, -0.2) is 0 Å². The largest absolute Gasteiger partial charge is 0.481 e. The highest BCUT2D eigenvalue weighted by Gasteiger charge is 2.30. The molecular formula is C13H15N5O3. The molecule has 0 saturated carbocycles. The zero-order chi connectivity index (χ0) is 15.5. The fourth-order valence-electron chi connectivity index (χ4n) is 1.70. The molecule has 2 rings (SSSR count). The van der Waals surface area contributed by atoms with Gasteiger partial charge in [0.05, 0.1) is 5.41 Å². The van der Waals surface area contributed by atoms with Gasteiger partial charge in [-0.15, -0.1) is 10.2 Å². The number of nitrogens with one attached hydrogen (secondary N) is 2. The van der Waals surface area contributed by atoms with Gasteiger partial charge in [0.1, 0.15) is 0 Å². The summed E-state index contributed by atoms with van der Waals surface area (Å²) in [6, 6.07) is 6.91. The van der Waals surface area contributed by atoms with E-state index in [-0.39, 0.29) is 12.3 Å². The Morgan fingerprint density at radius 1 is 1.38 bits per heavy atom. The van der Waals surface area contributed by atoms with E-state index in [2.05, 4.69) is 25.9 Å². The van der Waals surface area contributed by atoms with Gasteiger partial charge in [0.15, 0.2) is 0 Å². The Morgan fingerprint density at radius 2 is 2.14 bits per heavy atom. The molecule has 0 fully saturated rings. The maximum atomic E-state index is 11.9. The third-order valence-corrected chi connectivity index (χ3v) is 2.93. The van der Waals surface area contributed by atoms with Crippen molar-refractivity contribution in [1.82, 2.24) is 20.6 Å². The molecule has 0 unspecified atom stereocenters. The number of nitrogens with zero attached hydrogens (tertiary/aromatic N) is 3. The van der Waals surface area contributed by atoms with Crippen LogP contribution in [0.25, 0.3) is 11.4 Å². The number of rotatable bonds is 5. The normalized spacial score (nSPS) is 11.1. The number of benzene rings is 1. The molecule has 1 heterocycles. The molecule has 1 amide bonds. The van der Waals surface area contributed by atoms with Crippen LogP contribution in [0.5, 0.6) is 0 Å². The summed E-state index contributed by atoms with van der Waals surface area (Å²) in [5.74, 6) is -0.970. The van der Waals surface area contributed by atoms with Crippen molar-refractivity contribution < 1.29 is 14.7 Å². The van der Waals surface area contributed by atoms with Crippen LogP contribution < -0.4 is 5.32 Å². The molecule has 21 heavy (non-hydrogen) atoms. The molecule has 1 aromatic carbocycles. The van der Waals surface area contributed by atoms with Crippen LogP contribution in [0.4, 0.5) is 5.69 Å². The van der Waals surface area contributed by atoms with E-state index in [0.29, 0.717) is 17.1 Å². The van der Waals surface area contributed by atoms with E-state index in [0.717, 1.165) is 0 Å². The Morgan fingerprint density at radius 3 is 2.76 bits per heavy atom. The van der Waals surface area contributed by atoms with Crippen LogP contribution in [0, 0.1) is 5.41 Å². The second-order valence-corrected chi connectivity index (χ2v) is 5.23. The molecule has 3 N–H and O–H groups in total. The molecule has 0 atom stereocenters. The SMILES string of the molecule is CC(C)(CC(=O)Nc1cccc(-c2nn[nH]n2)c1)C(=O)O. The third-order valence-electron chi connectivity index (χ3n) is 2.93. The molecule has 0 aliphatic heterocycles. The minimum Gasteiger partial charge on any atom is -0.481 e. The molecule has 0 saturated heterocycles. The first-order valence-electron chi connectivity index (χ1n) is 6.25. The lowest BCUT2D eigenvalue weighted by Crippen LogP contribution is -2.29. The first-order valence-corrected chi connectivity index (χ1v) is 6.25. The fourth-order valence-corrected chi connectivity index (χ4v) is 1.70. The van der Waals surface area contributed by atoms with Crippen LogP contribution in [0.1, 0.15) is 20.3 Å². The van der Waals surface area contributed by atoms with Crippen LogP contribution in [-0.2, 0) is 9.59 Å². The summed E-state index contributed by atoms with van der Waals surface area (Å²) >= 11 is 0. The summed E-state index contributed by atoms with van der Waals surface area (Å²) in [7, 11) is 0. The fraction of sp³-hybridized carbons (Fsp3) is 0.308. The van der Waals surface area contributed by atoms with E-state index < -0.39 is 11.4 Å². The quantitative estimate of drug-likeness (QED) is 0.763. The van der Waals surface area contributed by atoms with Gasteiger partial charge in [0, 0.05) is 17.7 Å². The maximum absolute atomic E-state index is 11.9. The van der Waals surface area contributed by atoms with Gasteiger partial charge in [0.2, 0.25) is 11.7 Å². The number of carbonyl (C=O) groups excluding carboxylic acids is 1. The van der Waals surface area contributed by atoms with Gasteiger partial charge < -0.3 is 10.4 Å². The summed E-state index contributed by atoms with van der Waals surface area (Å²) < 4.78 is 0. The van der Waals surface area contributed by atoms with Gasteiger partial charge in [0.25, 0.3) is 0 Å². The first-order chi connectivity index (χ1) is 9.88. The minimum atomic E-state index is -1.12. The summed E-state index contributed by atoms with van der Waals surface area (Å²) in [6.07, 6.45) is -0.116. The molecule has 2 aromatic rings. The van der Waals surface area contributed by atoms with Gasteiger partial charge in [-0.2, -0.15) is 5.21 Å². The number of carboxylic acids is 1. The number of aromatic nitrogens is 4. The van der Waals surface area contributed by atoms with Crippen LogP contribution in [0.3, 0.4) is 0 Å². The van der Waals surface area contributed by atoms with E-state index in [1.807, 2.05) is 0 Å². The number of carboxylic acid groups (broad SMARTS) is 1. The molecule has 8 heteroatoms. The predicted octanol–water partition coefficient (Wildman–Crippen LogP) is 1.31. The highest BCUT2D eigenvalue weighted by Crippen LogP contribution is 2.23. The number of hydrogen-bond acceptors (Lipinski definition) is 5. The number of H-pyrrole nitrogens is 1. The summed E-state index contributed by atoms with van der Waals surface area (Å²) in [5.41, 5.74) is 0.123. The molecule has 0 spiro atoms. The Balaban J connectivity index is 2.08. The number of anilines is 1. The maximum Gasteiger partial charge on any atom is 0.309 e. The second kappa shape index (κ2) is 5.70. The number of carbonyl (C=O) groups is 2. The lowest BCUT2D eigenvalue weighted by molar-refractivity contribution is -0.148. The van der Waals surface area contributed by atoms with E-state index in [1.165, 1.54) is 13.8 Å². The number of aliphatic carboxylic acids is 1. The number of amides is 1. The Hall–Kier alpha value is -2.77. The summed E-state index contributed by atoms with van der Waals surface area (Å²) in [5, 5.41) is 25.2. The standard InChI is InChI=1S/C13H15N5O3/c1-13(2,12(20)21)7-10(19)14-9-5-3-4-8(6-9)11-15-17-18-16-11/h3-6H,7H2,1-2H3,(H,14,19)(H,20,21)(H,15,16,17,18). The average Bonchev–Trinajstić information content (AvgIpc) is 2.91. The smallest absolute Gasteiger partial charge is 0.309 e. The summed E-state index contributed by atoms with van der Waals surface area (Å²) in [4.78, 5) is 22.9. The Bertz CT molecular complexity index is 652. The van der Waals surface area contributed by atoms with Crippen molar-refractivity contribution in [1.29, 1.82) is 0 Å². The first kappa shape index (κ1) is 14.6. The van der Waals surface area contributed by atoms with E-state index in [1.54, 1.807) is 24.3 Å². The van der Waals surface area contributed by atoms with Crippen molar-refractivity contribution in [2.24, 2.45) is 5.41 Å². The molecule has 0 radical (unpaired) electrons. The van der Waals surface area contributed by atoms with Crippen molar-refractivity contribution in [3.63, 3.8) is 0 Å². The average molecular weight is 289 g/mol. The summed E-state index contributed by atoms with van der Waals surface area (Å²) in [6.45, 7) is 3.01. The van der Waals surface area contributed by atoms with Gasteiger partial charge in [-0.05, 0) is 31.2 Å². The molecule has 0 bridgehead atoms. The zero-order valence-electron chi connectivity index (χ0n) is 11.6. The number of tetrazole rings is 1.